The van der Waals surface area contributed by atoms with E-state index in [1.807, 2.05) is 0 Å². The minimum atomic E-state index is 0. The lowest BCUT2D eigenvalue weighted by atomic mass is 10.0. The second-order valence-electron chi connectivity index (χ2n) is 11.0. The Bertz CT molecular complexity index is 1250. The summed E-state index contributed by atoms with van der Waals surface area (Å²) in [5.41, 5.74) is 14.9. The van der Waals surface area contributed by atoms with Crippen LogP contribution in [0.25, 0.3) is 0 Å². The Hall–Kier alpha value is -3.56. The first kappa shape index (κ1) is 31.7. The van der Waals surface area contributed by atoms with Gasteiger partial charge in [-0.3, -0.25) is 0 Å². The van der Waals surface area contributed by atoms with Crippen molar-refractivity contribution in [2.45, 2.75) is 83.1 Å². The van der Waals surface area contributed by atoms with E-state index in [4.69, 9.17) is 9.47 Å². The van der Waals surface area contributed by atoms with Gasteiger partial charge in [0.1, 0.15) is 23.0 Å². The van der Waals surface area contributed by atoms with Gasteiger partial charge in [0.05, 0.1) is 0 Å². The molecule has 4 aromatic carbocycles. The highest BCUT2D eigenvalue weighted by Crippen LogP contribution is 2.33. The summed E-state index contributed by atoms with van der Waals surface area (Å²) in [6, 6.07) is 17.2. The molecular weight excluding hydrogens is 480 g/mol. The van der Waals surface area contributed by atoms with E-state index in [0.717, 1.165) is 23.0 Å². The Balaban J connectivity index is 0.000000267. The zero-order valence-electron chi connectivity index (χ0n) is 25.9. The number of hydrogen-bond acceptors (Lipinski definition) is 2. The number of rotatable bonds is 4. The largest absolute Gasteiger partial charge is 0.457 e. The Morgan fingerprint density at radius 1 is 0.308 bits per heavy atom. The van der Waals surface area contributed by atoms with Crippen molar-refractivity contribution in [3.05, 3.63) is 115 Å². The van der Waals surface area contributed by atoms with Gasteiger partial charge >= 0.3 is 0 Å². The zero-order valence-corrected chi connectivity index (χ0v) is 25.9. The van der Waals surface area contributed by atoms with Gasteiger partial charge < -0.3 is 14.9 Å². The van der Waals surface area contributed by atoms with Crippen molar-refractivity contribution < 1.29 is 14.9 Å². The van der Waals surface area contributed by atoms with Gasteiger partial charge in [-0.15, -0.1) is 0 Å². The number of hydrogen-bond donors (Lipinski definition) is 0. The molecule has 0 spiro atoms. The highest BCUT2D eigenvalue weighted by Gasteiger charge is 2.10. The Morgan fingerprint density at radius 2 is 0.487 bits per heavy atom. The lowest BCUT2D eigenvalue weighted by molar-refractivity contribution is 0.473. The number of aryl methyl sites for hydroxylation is 8. The summed E-state index contributed by atoms with van der Waals surface area (Å²) in [7, 11) is 0. The van der Waals surface area contributed by atoms with Crippen molar-refractivity contribution in [3.63, 3.8) is 0 Å². The summed E-state index contributed by atoms with van der Waals surface area (Å²) >= 11 is 0. The molecule has 2 N–H and O–H groups in total. The normalized spacial score (nSPS) is 10.4. The second kappa shape index (κ2) is 13.0. The van der Waals surface area contributed by atoms with Crippen molar-refractivity contribution in [1.82, 2.24) is 0 Å². The molecule has 0 fully saturated rings. The molecule has 0 aliphatic heterocycles. The van der Waals surface area contributed by atoms with Crippen LogP contribution in [0.1, 0.15) is 66.8 Å². The van der Waals surface area contributed by atoms with E-state index < -0.39 is 0 Å². The highest BCUT2D eigenvalue weighted by atomic mass is 16.5. The van der Waals surface area contributed by atoms with Gasteiger partial charge in [0.25, 0.3) is 0 Å². The van der Waals surface area contributed by atoms with Crippen LogP contribution in [0.3, 0.4) is 0 Å². The van der Waals surface area contributed by atoms with E-state index in [-0.39, 0.29) is 5.48 Å². The van der Waals surface area contributed by atoms with Crippen LogP contribution in [0, 0.1) is 83.1 Å². The molecular formula is C36H46O3. The first-order chi connectivity index (χ1) is 17.8. The van der Waals surface area contributed by atoms with Crippen molar-refractivity contribution in [3.8, 4) is 23.0 Å². The minimum Gasteiger partial charge on any atom is -0.457 e. The molecule has 4 rings (SSSR count). The van der Waals surface area contributed by atoms with Crippen molar-refractivity contribution in [2.24, 2.45) is 0 Å². The van der Waals surface area contributed by atoms with Gasteiger partial charge in [0.2, 0.25) is 0 Å². The molecule has 0 amide bonds. The van der Waals surface area contributed by atoms with Gasteiger partial charge in [-0.05, 0) is 174 Å². The summed E-state index contributed by atoms with van der Waals surface area (Å²) < 4.78 is 12.3. The molecule has 0 saturated carbocycles. The van der Waals surface area contributed by atoms with E-state index in [1.165, 1.54) is 66.8 Å². The predicted molar refractivity (Wildman–Crippen MR) is 166 cm³/mol. The standard InChI is InChI=1S/2C18H22O.H2O/c2*1-11-7-13(3)15(5)17(9-11)19-18-10-12(2)8-14(4)16(18)6;/h2*7-10H,1-6H3;1H2. The van der Waals surface area contributed by atoms with Crippen molar-refractivity contribution in [1.29, 1.82) is 0 Å². The van der Waals surface area contributed by atoms with Crippen LogP contribution < -0.4 is 9.47 Å². The molecule has 0 radical (unpaired) electrons. The SMILES string of the molecule is Cc1cc(C)c(C)c(Oc2cc(C)cc(C)c2C)c1.Cc1cc(C)c(C)c(Oc2cc(C)cc(C)c2C)c1.O. The predicted octanol–water partition coefficient (Wildman–Crippen LogP) is 9.83. The van der Waals surface area contributed by atoms with Crippen LogP contribution in [-0.2, 0) is 0 Å². The summed E-state index contributed by atoms with van der Waals surface area (Å²) in [6.07, 6.45) is 0. The van der Waals surface area contributed by atoms with Crippen molar-refractivity contribution >= 4 is 0 Å². The topological polar surface area (TPSA) is 50.0 Å². The van der Waals surface area contributed by atoms with Crippen LogP contribution in [0.4, 0.5) is 0 Å². The molecule has 0 heterocycles. The van der Waals surface area contributed by atoms with Gasteiger partial charge in [0.15, 0.2) is 0 Å². The molecule has 0 aliphatic carbocycles. The van der Waals surface area contributed by atoms with Gasteiger partial charge in [0, 0.05) is 0 Å². The van der Waals surface area contributed by atoms with E-state index in [2.05, 4.69) is 132 Å². The third-order valence-corrected chi connectivity index (χ3v) is 7.50. The molecule has 3 heteroatoms. The fourth-order valence-corrected chi connectivity index (χ4v) is 4.66. The highest BCUT2D eigenvalue weighted by molar-refractivity contribution is 5.50. The fraction of sp³-hybridized carbons (Fsp3) is 0.333. The second-order valence-corrected chi connectivity index (χ2v) is 11.0. The Kier molecular flexibility index (Phi) is 10.5. The molecule has 0 saturated heterocycles. The summed E-state index contributed by atoms with van der Waals surface area (Å²) in [5, 5.41) is 0. The maximum absolute atomic E-state index is 6.16. The van der Waals surface area contributed by atoms with Gasteiger partial charge in [-0.1, -0.05) is 24.3 Å². The van der Waals surface area contributed by atoms with Gasteiger partial charge in [-0.25, -0.2) is 0 Å². The maximum Gasteiger partial charge on any atom is 0.130 e. The first-order valence-corrected chi connectivity index (χ1v) is 13.4. The summed E-state index contributed by atoms with van der Waals surface area (Å²) in [6.45, 7) is 25.4. The number of ether oxygens (including phenoxy) is 2. The van der Waals surface area contributed by atoms with E-state index in [9.17, 15) is 0 Å². The quantitative estimate of drug-likeness (QED) is 0.266. The number of benzene rings is 4. The molecule has 0 bridgehead atoms. The molecule has 208 valence electrons. The van der Waals surface area contributed by atoms with E-state index in [0.29, 0.717) is 0 Å². The summed E-state index contributed by atoms with van der Waals surface area (Å²) in [5.74, 6) is 3.85. The zero-order chi connectivity index (χ0) is 28.3. The lowest BCUT2D eigenvalue weighted by Gasteiger charge is -2.15. The molecule has 0 aromatic heterocycles. The molecule has 3 nitrogen and oxygen atoms in total. The van der Waals surface area contributed by atoms with Crippen LogP contribution in [0.5, 0.6) is 23.0 Å². The molecule has 4 aromatic rings. The van der Waals surface area contributed by atoms with Crippen LogP contribution >= 0.6 is 0 Å². The van der Waals surface area contributed by atoms with Crippen LogP contribution in [0.15, 0.2) is 48.5 Å². The molecule has 39 heavy (non-hydrogen) atoms. The van der Waals surface area contributed by atoms with Crippen LogP contribution in [0.2, 0.25) is 0 Å². The summed E-state index contributed by atoms with van der Waals surface area (Å²) in [4.78, 5) is 0. The first-order valence-electron chi connectivity index (χ1n) is 13.4. The molecule has 0 atom stereocenters. The third-order valence-electron chi connectivity index (χ3n) is 7.50. The fourth-order valence-electron chi connectivity index (χ4n) is 4.66. The van der Waals surface area contributed by atoms with E-state index in [1.54, 1.807) is 0 Å². The maximum atomic E-state index is 6.16. The third kappa shape index (κ3) is 7.74. The average molecular weight is 527 g/mol. The molecule has 0 unspecified atom stereocenters. The lowest BCUT2D eigenvalue weighted by Crippen LogP contribution is -1.95. The van der Waals surface area contributed by atoms with E-state index >= 15 is 0 Å². The average Bonchev–Trinajstić information content (AvgIpc) is 2.82. The monoisotopic (exact) mass is 526 g/mol. The van der Waals surface area contributed by atoms with Crippen molar-refractivity contribution in [2.75, 3.05) is 0 Å². The Labute approximate surface area is 236 Å². The molecule has 0 aliphatic rings. The smallest absolute Gasteiger partial charge is 0.130 e. The van der Waals surface area contributed by atoms with Crippen LogP contribution in [-0.4, -0.2) is 5.48 Å². The Morgan fingerprint density at radius 3 is 0.667 bits per heavy atom. The van der Waals surface area contributed by atoms with Gasteiger partial charge in [-0.2, -0.15) is 0 Å². The minimum absolute atomic E-state index is 0.